The summed E-state index contributed by atoms with van der Waals surface area (Å²) in [5.41, 5.74) is 6.59. The molecule has 0 bridgehead atoms. The predicted molar refractivity (Wildman–Crippen MR) is 58.7 cm³/mol. The summed E-state index contributed by atoms with van der Waals surface area (Å²) in [6.45, 7) is 4.59. The zero-order chi connectivity index (χ0) is 9.73. The Hall–Kier alpha value is -0.0400. The molecule has 1 nitrogen and oxygen atoms in total. The van der Waals surface area contributed by atoms with Crippen molar-refractivity contribution in [3.8, 4) is 0 Å². The molecule has 0 aromatic heterocycles. The quantitative estimate of drug-likeness (QED) is 0.649. The molecule has 1 fully saturated rings. The Morgan fingerprint density at radius 1 is 1.31 bits per heavy atom. The van der Waals surface area contributed by atoms with Gasteiger partial charge in [-0.05, 0) is 25.2 Å². The van der Waals surface area contributed by atoms with Gasteiger partial charge in [-0.15, -0.1) is 0 Å². The zero-order valence-corrected chi connectivity index (χ0v) is 9.31. The summed E-state index contributed by atoms with van der Waals surface area (Å²) in [7, 11) is 0. The van der Waals surface area contributed by atoms with Crippen molar-refractivity contribution >= 4 is 0 Å². The molecule has 13 heavy (non-hydrogen) atoms. The summed E-state index contributed by atoms with van der Waals surface area (Å²) >= 11 is 0. The summed E-state index contributed by atoms with van der Waals surface area (Å²) in [5, 5.41) is 0. The van der Waals surface area contributed by atoms with Crippen LogP contribution >= 0.6 is 0 Å². The van der Waals surface area contributed by atoms with Gasteiger partial charge in [0.25, 0.3) is 0 Å². The highest BCUT2D eigenvalue weighted by Crippen LogP contribution is 2.36. The zero-order valence-electron chi connectivity index (χ0n) is 9.31. The molecule has 1 heteroatoms. The maximum absolute atomic E-state index is 6.38. The van der Waals surface area contributed by atoms with E-state index in [-0.39, 0.29) is 5.54 Å². The van der Waals surface area contributed by atoms with E-state index in [1.807, 2.05) is 0 Å². The van der Waals surface area contributed by atoms with Crippen molar-refractivity contribution in [1.82, 2.24) is 0 Å². The van der Waals surface area contributed by atoms with E-state index in [0.717, 1.165) is 5.92 Å². The monoisotopic (exact) mass is 183 g/mol. The van der Waals surface area contributed by atoms with Crippen molar-refractivity contribution < 1.29 is 0 Å². The van der Waals surface area contributed by atoms with Gasteiger partial charge in [-0.25, -0.2) is 0 Å². The first kappa shape index (κ1) is 11.0. The lowest BCUT2D eigenvalue weighted by molar-refractivity contribution is 0.304. The van der Waals surface area contributed by atoms with Crippen LogP contribution in [0.2, 0.25) is 0 Å². The third kappa shape index (κ3) is 2.98. The smallest absolute Gasteiger partial charge is 0.0180 e. The lowest BCUT2D eigenvalue weighted by atomic mass is 9.84. The van der Waals surface area contributed by atoms with Gasteiger partial charge in [-0.2, -0.15) is 0 Å². The molecule has 1 aliphatic carbocycles. The van der Waals surface area contributed by atoms with E-state index in [2.05, 4.69) is 13.8 Å². The van der Waals surface area contributed by atoms with Crippen molar-refractivity contribution in [1.29, 1.82) is 0 Å². The number of hydrogen-bond acceptors (Lipinski definition) is 1. The molecule has 0 spiro atoms. The van der Waals surface area contributed by atoms with Crippen molar-refractivity contribution in [2.24, 2.45) is 11.7 Å². The molecule has 1 aliphatic rings. The standard InChI is InChI=1S/C12H25N/c1-3-4-5-6-9-12(13)10-7-8-11(12)2/h11H,3-10,13H2,1-2H3. The van der Waals surface area contributed by atoms with E-state index in [1.54, 1.807) is 0 Å². The van der Waals surface area contributed by atoms with Gasteiger partial charge in [0.15, 0.2) is 0 Å². The highest BCUT2D eigenvalue weighted by atomic mass is 14.8. The van der Waals surface area contributed by atoms with Gasteiger partial charge in [0.1, 0.15) is 0 Å². The van der Waals surface area contributed by atoms with E-state index < -0.39 is 0 Å². The SMILES string of the molecule is CCCCCCC1(N)CCCC1C. The van der Waals surface area contributed by atoms with Crippen LogP contribution in [-0.2, 0) is 0 Å². The molecule has 2 N–H and O–H groups in total. The van der Waals surface area contributed by atoms with E-state index in [9.17, 15) is 0 Å². The first-order valence-electron chi connectivity index (χ1n) is 5.98. The maximum Gasteiger partial charge on any atom is 0.0180 e. The minimum absolute atomic E-state index is 0.202. The van der Waals surface area contributed by atoms with Gasteiger partial charge in [0.05, 0.1) is 0 Å². The van der Waals surface area contributed by atoms with E-state index in [4.69, 9.17) is 5.73 Å². The molecular weight excluding hydrogens is 158 g/mol. The fourth-order valence-electron chi connectivity index (χ4n) is 2.52. The highest BCUT2D eigenvalue weighted by molar-refractivity contribution is 4.94. The molecule has 0 heterocycles. The van der Waals surface area contributed by atoms with Crippen LogP contribution in [-0.4, -0.2) is 5.54 Å². The van der Waals surface area contributed by atoms with E-state index >= 15 is 0 Å². The Labute approximate surface area is 83.1 Å². The molecule has 78 valence electrons. The van der Waals surface area contributed by atoms with Crippen LogP contribution in [0.5, 0.6) is 0 Å². The van der Waals surface area contributed by atoms with Crippen LogP contribution in [0.4, 0.5) is 0 Å². The largest absolute Gasteiger partial charge is 0.325 e. The van der Waals surface area contributed by atoms with Gasteiger partial charge < -0.3 is 5.73 Å². The third-order valence-electron chi connectivity index (χ3n) is 3.76. The molecule has 0 radical (unpaired) electrons. The molecule has 0 saturated heterocycles. The normalized spacial score (nSPS) is 33.9. The van der Waals surface area contributed by atoms with Gasteiger partial charge in [-0.3, -0.25) is 0 Å². The average molecular weight is 183 g/mol. The Balaban J connectivity index is 2.18. The molecule has 1 rings (SSSR count). The van der Waals surface area contributed by atoms with E-state index in [0.29, 0.717) is 0 Å². The minimum atomic E-state index is 0.202. The van der Waals surface area contributed by atoms with Gasteiger partial charge >= 0.3 is 0 Å². The van der Waals surface area contributed by atoms with Gasteiger partial charge in [0, 0.05) is 5.54 Å². The topological polar surface area (TPSA) is 26.0 Å². The van der Waals surface area contributed by atoms with E-state index in [1.165, 1.54) is 51.4 Å². The number of hydrogen-bond donors (Lipinski definition) is 1. The molecule has 1 saturated carbocycles. The van der Waals surface area contributed by atoms with Crippen molar-refractivity contribution in [2.75, 3.05) is 0 Å². The lowest BCUT2D eigenvalue weighted by Gasteiger charge is -2.29. The predicted octanol–water partition coefficient (Wildman–Crippen LogP) is 3.47. The summed E-state index contributed by atoms with van der Waals surface area (Å²) in [6, 6.07) is 0. The molecule has 2 atom stereocenters. The molecule has 0 aromatic carbocycles. The van der Waals surface area contributed by atoms with Crippen molar-refractivity contribution in [3.63, 3.8) is 0 Å². The lowest BCUT2D eigenvalue weighted by Crippen LogP contribution is -2.42. The molecule has 0 amide bonds. The number of nitrogens with two attached hydrogens (primary N) is 1. The molecule has 0 aromatic rings. The summed E-state index contributed by atoms with van der Waals surface area (Å²) in [6.07, 6.45) is 10.7. The number of unbranched alkanes of at least 4 members (excludes halogenated alkanes) is 3. The Morgan fingerprint density at radius 3 is 2.62 bits per heavy atom. The first-order valence-corrected chi connectivity index (χ1v) is 5.98. The second kappa shape index (κ2) is 4.99. The molecule has 2 unspecified atom stereocenters. The minimum Gasteiger partial charge on any atom is -0.325 e. The molecular formula is C12H25N. The first-order chi connectivity index (χ1) is 6.19. The summed E-state index contributed by atoms with van der Waals surface area (Å²) in [4.78, 5) is 0. The number of rotatable bonds is 5. The van der Waals surface area contributed by atoms with Crippen LogP contribution in [0.1, 0.15) is 65.2 Å². The van der Waals surface area contributed by atoms with Crippen LogP contribution < -0.4 is 5.73 Å². The summed E-state index contributed by atoms with van der Waals surface area (Å²) < 4.78 is 0. The highest BCUT2D eigenvalue weighted by Gasteiger charge is 2.35. The van der Waals surface area contributed by atoms with Gasteiger partial charge in [-0.1, -0.05) is 46.0 Å². The van der Waals surface area contributed by atoms with Crippen molar-refractivity contribution in [3.05, 3.63) is 0 Å². The Kier molecular flexibility index (Phi) is 4.24. The van der Waals surface area contributed by atoms with Crippen LogP contribution in [0.15, 0.2) is 0 Å². The Morgan fingerprint density at radius 2 is 2.08 bits per heavy atom. The van der Waals surface area contributed by atoms with Crippen LogP contribution in [0.25, 0.3) is 0 Å². The fraction of sp³-hybridized carbons (Fsp3) is 1.00. The Bertz CT molecular complexity index is 144. The molecule has 0 aliphatic heterocycles. The maximum atomic E-state index is 6.38. The van der Waals surface area contributed by atoms with Crippen molar-refractivity contribution in [2.45, 2.75) is 70.8 Å². The average Bonchev–Trinajstić information content (AvgIpc) is 2.42. The second-order valence-corrected chi connectivity index (χ2v) is 4.84. The second-order valence-electron chi connectivity index (χ2n) is 4.84. The van der Waals surface area contributed by atoms with Gasteiger partial charge in [0.2, 0.25) is 0 Å². The fourth-order valence-corrected chi connectivity index (χ4v) is 2.52. The van der Waals surface area contributed by atoms with Crippen LogP contribution in [0.3, 0.4) is 0 Å². The summed E-state index contributed by atoms with van der Waals surface area (Å²) in [5.74, 6) is 0.758. The van der Waals surface area contributed by atoms with Crippen LogP contribution in [0, 0.1) is 5.92 Å². The third-order valence-corrected chi connectivity index (χ3v) is 3.76.